The molecule has 68 valence electrons. The predicted octanol–water partition coefficient (Wildman–Crippen LogP) is -4.64. The molecule has 0 atom stereocenters. The Labute approximate surface area is 112 Å². The average Bonchev–Trinajstić information content (AvgIpc) is 1.59. The van der Waals surface area contributed by atoms with Crippen LogP contribution in [0.5, 0.6) is 0 Å². The first-order valence-corrected chi connectivity index (χ1v) is 3.71. The summed E-state index contributed by atoms with van der Waals surface area (Å²) in [4.78, 5) is 18.2. The van der Waals surface area contributed by atoms with Gasteiger partial charge >= 0.3 is 92.0 Å². The van der Waals surface area contributed by atoms with Gasteiger partial charge in [-0.1, -0.05) is 0 Å². The molecule has 0 heterocycles. The molecule has 0 aliphatic rings. The number of carboxylic acids is 2. The zero-order valence-corrected chi connectivity index (χ0v) is 10.1. The number of rotatable bonds is 0. The van der Waals surface area contributed by atoms with Gasteiger partial charge in [-0.05, 0) is 0 Å². The van der Waals surface area contributed by atoms with Crippen molar-refractivity contribution in [3.05, 3.63) is 0 Å². The Morgan fingerprint density at radius 3 is 1.08 bits per heavy atom. The number of hydrogen-bond acceptors (Lipinski definition) is 5. The summed E-state index contributed by atoms with van der Waals surface area (Å²) >= 11 is -5.38. The van der Waals surface area contributed by atoms with Crippen molar-refractivity contribution in [2.75, 3.05) is 0 Å². The third kappa shape index (κ3) is 47.1. The molecule has 0 amide bonds. The van der Waals surface area contributed by atoms with Crippen molar-refractivity contribution in [1.82, 2.24) is 0 Å². The molecule has 0 saturated carbocycles. The second kappa shape index (κ2) is 8.07. The molecule has 10 heteroatoms. The van der Waals surface area contributed by atoms with Crippen molar-refractivity contribution in [1.29, 1.82) is 0 Å². The molecule has 0 spiro atoms. The van der Waals surface area contributed by atoms with E-state index in [0.29, 0.717) is 0 Å². The zero-order valence-electron chi connectivity index (χ0n) is 6.76. The van der Waals surface area contributed by atoms with E-state index < -0.39 is 24.9 Å². The van der Waals surface area contributed by atoms with Gasteiger partial charge in [0.1, 0.15) is 0 Å². The summed E-state index contributed by atoms with van der Waals surface area (Å²) in [7, 11) is 0. The summed E-state index contributed by atoms with van der Waals surface area (Å²) in [6, 6.07) is 0. The quantitative estimate of drug-likeness (QED) is 0.287. The number of carbonyl (C=O) groups is 2. The van der Waals surface area contributed by atoms with Crippen LogP contribution >= 0.6 is 0 Å². The molecule has 0 bridgehead atoms. The molecule has 0 unspecified atom stereocenters. The van der Waals surface area contributed by atoms with Gasteiger partial charge in [-0.15, -0.1) is 0 Å². The van der Waals surface area contributed by atoms with Crippen molar-refractivity contribution in [2.45, 2.75) is 0 Å². The topological polar surface area (TPSA) is 146 Å². The third-order valence-corrected chi connectivity index (χ3v) is 0.183. The van der Waals surface area contributed by atoms with Gasteiger partial charge in [0.2, 0.25) is 0 Å². The zero-order chi connectivity index (χ0) is 9.65. The van der Waals surface area contributed by atoms with Crippen LogP contribution < -0.4 is 51.4 Å². The first-order chi connectivity index (χ1) is 4.64. The van der Waals surface area contributed by atoms with Gasteiger partial charge in [0.25, 0.3) is 0 Å². The van der Waals surface area contributed by atoms with E-state index in [2.05, 4.69) is 0 Å². The van der Waals surface area contributed by atoms with E-state index in [1.54, 1.807) is 0 Å². The summed E-state index contributed by atoms with van der Waals surface area (Å²) in [5.41, 5.74) is 0. The molecule has 12 heavy (non-hydrogen) atoms. The molecule has 3 N–H and O–H groups in total. The van der Waals surface area contributed by atoms with Crippen molar-refractivity contribution in [3.8, 4) is 0 Å². The molecule has 0 aromatic carbocycles. The van der Waals surface area contributed by atoms with Gasteiger partial charge in [0.15, 0.2) is 0 Å². The molecular formula is C2H4KMnO8. The third-order valence-electron chi connectivity index (χ3n) is 0.183. The van der Waals surface area contributed by atoms with Gasteiger partial charge in [0, 0.05) is 0 Å². The Morgan fingerprint density at radius 2 is 1.08 bits per heavy atom. The van der Waals surface area contributed by atoms with Crippen molar-refractivity contribution < 1.29 is 101 Å². The van der Waals surface area contributed by atoms with Gasteiger partial charge < -0.3 is 11.6 Å². The van der Waals surface area contributed by atoms with Gasteiger partial charge in [-0.25, -0.2) is 9.59 Å². The molecule has 0 aromatic heterocycles. The van der Waals surface area contributed by atoms with Crippen molar-refractivity contribution in [2.24, 2.45) is 0 Å². The molecular weight excluding hydrogens is 246 g/mol. The van der Waals surface area contributed by atoms with Crippen LogP contribution in [-0.2, 0) is 34.1 Å². The number of aliphatic carboxylic acids is 2. The summed E-state index contributed by atoms with van der Waals surface area (Å²) in [6.45, 7) is 0. The standard InChI is InChI=1S/C2H2O4.K.Mn.H2O.3O.H/c3-1(4)2(5)6;;;;;;;/h(H,3,4)(H,5,6);;;1H2;;;;/q;2*+1;;;;;-1/p-1. The minimum absolute atomic E-state index is 0. The fraction of sp³-hybridized carbons (Fsp3) is 0. The maximum atomic E-state index is 9.10. The van der Waals surface area contributed by atoms with Crippen molar-refractivity contribution >= 4 is 11.9 Å². The molecule has 0 saturated heterocycles. The molecule has 0 fully saturated rings. The molecule has 0 aliphatic heterocycles. The van der Waals surface area contributed by atoms with E-state index in [1.807, 2.05) is 0 Å². The maximum absolute atomic E-state index is 9.10. The predicted molar refractivity (Wildman–Crippen MR) is 20.7 cm³/mol. The molecule has 0 radical (unpaired) electrons. The van der Waals surface area contributed by atoms with Crippen LogP contribution in [0, 0.1) is 0 Å². The van der Waals surface area contributed by atoms with Crippen LogP contribution in [0.3, 0.4) is 0 Å². The van der Waals surface area contributed by atoms with Crippen LogP contribution in [0.15, 0.2) is 0 Å². The summed E-state index contributed by atoms with van der Waals surface area (Å²) in [5, 5.41) is 14.8. The molecule has 0 aromatic rings. The summed E-state index contributed by atoms with van der Waals surface area (Å²) < 4.78 is 33.1. The second-order valence-electron chi connectivity index (χ2n) is 1.01. The Hall–Kier alpha value is 0.456. The summed E-state index contributed by atoms with van der Waals surface area (Å²) in [5.74, 6) is -3.65. The van der Waals surface area contributed by atoms with Gasteiger partial charge in [-0.2, -0.15) is 0 Å². The van der Waals surface area contributed by atoms with Crippen molar-refractivity contribution in [3.63, 3.8) is 0 Å². The first kappa shape index (κ1) is 18.3. The average molecular weight is 250 g/mol. The summed E-state index contributed by atoms with van der Waals surface area (Å²) in [6.07, 6.45) is 0. The minimum atomic E-state index is -5.38. The van der Waals surface area contributed by atoms with E-state index in [1.165, 1.54) is 0 Å². The van der Waals surface area contributed by atoms with Crippen LogP contribution in [0.4, 0.5) is 0 Å². The van der Waals surface area contributed by atoms with E-state index in [9.17, 15) is 0 Å². The number of hydrogen-bond donors (Lipinski definition) is 3. The first-order valence-electron chi connectivity index (χ1n) is 1.74. The number of carboxylic acid groups (broad SMARTS) is 2. The van der Waals surface area contributed by atoms with E-state index in [-0.39, 0.29) is 52.8 Å². The Bertz CT molecular complexity index is 272. The fourth-order valence-corrected chi connectivity index (χ4v) is 0. The fourth-order valence-electron chi connectivity index (χ4n) is 0. The Kier molecular flexibility index (Phi) is 12.3. The molecule has 8 nitrogen and oxygen atoms in total. The van der Waals surface area contributed by atoms with Gasteiger partial charge in [-0.3, -0.25) is 0 Å². The van der Waals surface area contributed by atoms with Crippen LogP contribution in [0.1, 0.15) is 1.43 Å². The van der Waals surface area contributed by atoms with Gasteiger partial charge in [0.05, 0.1) is 0 Å². The normalized spacial score (nSPS) is 8.42. The SMILES string of the molecule is O=C(O)C(=O)O.[H-].[K+].[O]=[Mn](=[O])(=[O])[OH]. The van der Waals surface area contributed by atoms with E-state index in [4.69, 9.17) is 35.5 Å². The van der Waals surface area contributed by atoms with E-state index >= 15 is 0 Å². The van der Waals surface area contributed by atoms with Crippen LogP contribution in [-0.4, -0.2) is 26.3 Å². The van der Waals surface area contributed by atoms with Crippen LogP contribution in [0.2, 0.25) is 0 Å². The Morgan fingerprint density at radius 1 is 1.00 bits per heavy atom. The Balaban J connectivity index is -0.0000000546. The van der Waals surface area contributed by atoms with E-state index in [0.717, 1.165) is 0 Å². The molecule has 0 aliphatic carbocycles. The van der Waals surface area contributed by atoms with Crippen LogP contribution in [0.25, 0.3) is 0 Å². The molecule has 0 rings (SSSR count). The second-order valence-corrected chi connectivity index (χ2v) is 2.24. The monoisotopic (exact) mass is 250 g/mol.